The molecular weight excluding hydrogens is 276 g/mol. The van der Waals surface area contributed by atoms with E-state index in [4.69, 9.17) is 4.74 Å². The number of amides is 1. The van der Waals surface area contributed by atoms with Crippen LogP contribution in [0.15, 0.2) is 30.3 Å². The molecule has 0 radical (unpaired) electrons. The molecule has 1 aliphatic heterocycles. The first-order valence-corrected chi connectivity index (χ1v) is 8.47. The van der Waals surface area contributed by atoms with E-state index in [-0.39, 0.29) is 12.0 Å². The summed E-state index contributed by atoms with van der Waals surface area (Å²) in [5.74, 6) is 1.27. The maximum Gasteiger partial charge on any atom is 0.233 e. The first-order chi connectivity index (χ1) is 10.8. The Morgan fingerprint density at radius 2 is 1.95 bits per heavy atom. The van der Waals surface area contributed by atoms with Crippen molar-refractivity contribution in [1.29, 1.82) is 0 Å². The minimum Gasteiger partial charge on any atom is -0.373 e. The number of benzene rings is 1. The van der Waals surface area contributed by atoms with Crippen molar-refractivity contribution in [3.63, 3.8) is 0 Å². The normalized spacial score (nSPS) is 24.9. The van der Waals surface area contributed by atoms with Crippen molar-refractivity contribution in [3.05, 3.63) is 35.9 Å². The van der Waals surface area contributed by atoms with Gasteiger partial charge in [-0.1, -0.05) is 30.3 Å². The number of ether oxygens (including phenoxy) is 1. The zero-order chi connectivity index (χ0) is 15.2. The van der Waals surface area contributed by atoms with Crippen LogP contribution in [-0.2, 0) is 9.53 Å². The highest BCUT2D eigenvalue weighted by molar-refractivity contribution is 5.77. The molecule has 0 aromatic heterocycles. The molecule has 1 aromatic carbocycles. The van der Waals surface area contributed by atoms with Crippen LogP contribution < -0.4 is 10.6 Å². The van der Waals surface area contributed by atoms with E-state index in [9.17, 15) is 4.79 Å². The fourth-order valence-corrected chi connectivity index (χ4v) is 3.08. The van der Waals surface area contributed by atoms with Crippen molar-refractivity contribution in [2.75, 3.05) is 26.2 Å². The van der Waals surface area contributed by atoms with Gasteiger partial charge in [0.2, 0.25) is 5.91 Å². The minimum atomic E-state index is 0.0954. The predicted octanol–water partition coefficient (Wildman–Crippen LogP) is 2.27. The Bertz CT molecular complexity index is 473. The van der Waals surface area contributed by atoms with Crippen LogP contribution in [0.2, 0.25) is 0 Å². The van der Waals surface area contributed by atoms with E-state index in [2.05, 4.69) is 22.8 Å². The van der Waals surface area contributed by atoms with Crippen LogP contribution in [0.1, 0.15) is 37.4 Å². The van der Waals surface area contributed by atoms with Crippen molar-refractivity contribution in [2.24, 2.45) is 11.8 Å². The van der Waals surface area contributed by atoms with E-state index < -0.39 is 0 Å². The lowest BCUT2D eigenvalue weighted by molar-refractivity contribution is -0.121. The van der Waals surface area contributed by atoms with Gasteiger partial charge in [0.25, 0.3) is 0 Å². The monoisotopic (exact) mass is 302 g/mol. The molecule has 3 rings (SSSR count). The lowest BCUT2D eigenvalue weighted by Gasteiger charge is -2.32. The molecular formula is C18H26N2O2. The molecule has 1 aromatic rings. The van der Waals surface area contributed by atoms with Crippen molar-refractivity contribution >= 4 is 5.91 Å². The van der Waals surface area contributed by atoms with Crippen molar-refractivity contribution in [1.82, 2.24) is 10.6 Å². The van der Waals surface area contributed by atoms with Gasteiger partial charge in [-0.15, -0.1) is 0 Å². The van der Waals surface area contributed by atoms with Gasteiger partial charge in [0.1, 0.15) is 0 Å². The molecule has 2 atom stereocenters. The average molecular weight is 302 g/mol. The van der Waals surface area contributed by atoms with Crippen LogP contribution >= 0.6 is 0 Å². The third kappa shape index (κ3) is 4.55. The average Bonchev–Trinajstić information content (AvgIpc) is 3.38. The lowest BCUT2D eigenvalue weighted by Crippen LogP contribution is -2.39. The summed E-state index contributed by atoms with van der Waals surface area (Å²) >= 11 is 0. The van der Waals surface area contributed by atoms with Crippen LogP contribution in [0.25, 0.3) is 0 Å². The van der Waals surface area contributed by atoms with Gasteiger partial charge >= 0.3 is 0 Å². The van der Waals surface area contributed by atoms with Crippen molar-refractivity contribution in [2.45, 2.75) is 31.8 Å². The number of carbonyl (C=O) groups is 1. The number of nitrogens with one attached hydrogen (secondary N) is 2. The highest BCUT2D eigenvalue weighted by Crippen LogP contribution is 2.33. The third-order valence-electron chi connectivity index (χ3n) is 4.55. The minimum absolute atomic E-state index is 0.0954. The Kier molecular flexibility index (Phi) is 5.46. The van der Waals surface area contributed by atoms with Crippen LogP contribution in [0.3, 0.4) is 0 Å². The number of hydrogen-bond donors (Lipinski definition) is 2. The fourth-order valence-electron chi connectivity index (χ4n) is 3.08. The first-order valence-electron chi connectivity index (χ1n) is 8.47. The Hall–Kier alpha value is -1.39. The van der Waals surface area contributed by atoms with Crippen LogP contribution in [-0.4, -0.2) is 32.1 Å². The van der Waals surface area contributed by atoms with E-state index in [0.29, 0.717) is 19.0 Å². The molecule has 22 heavy (non-hydrogen) atoms. The molecule has 2 fully saturated rings. The first kappa shape index (κ1) is 15.5. The molecule has 1 saturated heterocycles. The summed E-state index contributed by atoms with van der Waals surface area (Å²) in [5, 5.41) is 6.30. The second kappa shape index (κ2) is 7.75. The largest absolute Gasteiger partial charge is 0.373 e. The maximum absolute atomic E-state index is 11.9. The molecule has 1 amide bonds. The van der Waals surface area contributed by atoms with E-state index in [1.807, 2.05) is 18.2 Å². The Balaban J connectivity index is 1.45. The predicted molar refractivity (Wildman–Crippen MR) is 86.5 cm³/mol. The Labute approximate surface area is 132 Å². The second-order valence-corrected chi connectivity index (χ2v) is 6.48. The number of rotatable bonds is 7. The second-order valence-electron chi connectivity index (χ2n) is 6.48. The SMILES string of the molecule is O=C(CNCC1CC1)NCC1CCCOC1c1ccccc1. The van der Waals surface area contributed by atoms with Gasteiger partial charge in [-0.05, 0) is 43.7 Å². The van der Waals surface area contributed by atoms with Crippen LogP contribution in [0.5, 0.6) is 0 Å². The molecule has 2 aliphatic rings. The van der Waals surface area contributed by atoms with Gasteiger partial charge < -0.3 is 15.4 Å². The summed E-state index contributed by atoms with van der Waals surface area (Å²) in [4.78, 5) is 11.9. The van der Waals surface area contributed by atoms with Gasteiger partial charge in [0, 0.05) is 19.1 Å². The standard InChI is InChI=1S/C18H26N2O2/c21-17(13-19-11-14-8-9-14)20-12-16-7-4-10-22-18(16)15-5-2-1-3-6-15/h1-3,5-6,14,16,18-19H,4,7-13H2,(H,20,21). The van der Waals surface area contributed by atoms with E-state index >= 15 is 0 Å². The van der Waals surface area contributed by atoms with Gasteiger partial charge in [0.15, 0.2) is 0 Å². The molecule has 0 spiro atoms. The fraction of sp³-hybridized carbons (Fsp3) is 0.611. The van der Waals surface area contributed by atoms with Gasteiger partial charge in [-0.2, -0.15) is 0 Å². The van der Waals surface area contributed by atoms with Gasteiger partial charge in [-0.25, -0.2) is 0 Å². The Morgan fingerprint density at radius 1 is 1.14 bits per heavy atom. The summed E-state index contributed by atoms with van der Waals surface area (Å²) < 4.78 is 5.96. The summed E-state index contributed by atoms with van der Waals surface area (Å²) in [6, 6.07) is 10.3. The Morgan fingerprint density at radius 3 is 2.73 bits per heavy atom. The topological polar surface area (TPSA) is 50.4 Å². The lowest BCUT2D eigenvalue weighted by atomic mass is 9.89. The number of carbonyl (C=O) groups excluding carboxylic acids is 1. The zero-order valence-electron chi connectivity index (χ0n) is 13.1. The molecule has 4 nitrogen and oxygen atoms in total. The van der Waals surface area contributed by atoms with E-state index in [1.54, 1.807) is 0 Å². The molecule has 1 aliphatic carbocycles. The smallest absolute Gasteiger partial charge is 0.233 e. The molecule has 120 valence electrons. The zero-order valence-corrected chi connectivity index (χ0v) is 13.1. The molecule has 4 heteroatoms. The highest BCUT2D eigenvalue weighted by atomic mass is 16.5. The van der Waals surface area contributed by atoms with Crippen LogP contribution in [0, 0.1) is 11.8 Å². The maximum atomic E-state index is 11.9. The quantitative estimate of drug-likeness (QED) is 0.812. The summed E-state index contributed by atoms with van der Waals surface area (Å²) in [6.45, 7) is 2.92. The molecule has 1 heterocycles. The molecule has 2 N–H and O–H groups in total. The van der Waals surface area contributed by atoms with Gasteiger partial charge in [-0.3, -0.25) is 4.79 Å². The molecule has 0 bridgehead atoms. The molecule has 2 unspecified atom stereocenters. The summed E-state index contributed by atoms with van der Waals surface area (Å²) in [6.07, 6.45) is 4.91. The van der Waals surface area contributed by atoms with E-state index in [1.165, 1.54) is 18.4 Å². The summed E-state index contributed by atoms with van der Waals surface area (Å²) in [5.41, 5.74) is 1.22. The van der Waals surface area contributed by atoms with Crippen molar-refractivity contribution < 1.29 is 9.53 Å². The third-order valence-corrected chi connectivity index (χ3v) is 4.55. The van der Waals surface area contributed by atoms with Crippen molar-refractivity contribution in [3.8, 4) is 0 Å². The van der Waals surface area contributed by atoms with Crippen LogP contribution in [0.4, 0.5) is 0 Å². The highest BCUT2D eigenvalue weighted by Gasteiger charge is 2.27. The van der Waals surface area contributed by atoms with Gasteiger partial charge in [0.05, 0.1) is 12.6 Å². The summed E-state index contributed by atoms with van der Waals surface area (Å²) in [7, 11) is 0. The van der Waals surface area contributed by atoms with E-state index in [0.717, 1.165) is 31.9 Å². The molecule has 1 saturated carbocycles. The number of hydrogen-bond acceptors (Lipinski definition) is 3.